The van der Waals surface area contributed by atoms with E-state index in [-0.39, 0.29) is 42.7 Å². The number of para-hydroxylation sites is 1. The minimum absolute atomic E-state index is 0.0354. The number of halogens is 2. The first-order valence-corrected chi connectivity index (χ1v) is 12.0. The van der Waals surface area contributed by atoms with Gasteiger partial charge in [-0.15, -0.1) is 0 Å². The first-order valence-electron chi connectivity index (χ1n) is 10.6. The summed E-state index contributed by atoms with van der Waals surface area (Å²) in [6, 6.07) is 21.1. The normalized spacial score (nSPS) is 14.7. The number of piperazine rings is 1. The largest absolute Gasteiger partial charge is 0.435 e. The minimum Gasteiger partial charge on any atom is -0.435 e. The number of benzene rings is 3. The van der Waals surface area contributed by atoms with Gasteiger partial charge in [-0.25, -0.2) is 8.42 Å². The Morgan fingerprint density at radius 3 is 2.12 bits per heavy atom. The van der Waals surface area contributed by atoms with Gasteiger partial charge in [-0.1, -0.05) is 30.3 Å². The Bertz CT molecular complexity index is 1230. The fourth-order valence-electron chi connectivity index (χ4n) is 3.70. The van der Waals surface area contributed by atoms with Crippen molar-refractivity contribution in [1.29, 1.82) is 0 Å². The summed E-state index contributed by atoms with van der Waals surface area (Å²) >= 11 is 0. The molecule has 1 fully saturated rings. The van der Waals surface area contributed by atoms with Crippen LogP contribution in [0.5, 0.6) is 5.75 Å². The molecule has 1 saturated heterocycles. The topological polar surface area (TPSA) is 79.0 Å². The van der Waals surface area contributed by atoms with Crippen LogP contribution < -0.4 is 10.1 Å². The zero-order valence-corrected chi connectivity index (χ0v) is 18.9. The summed E-state index contributed by atoms with van der Waals surface area (Å²) < 4.78 is 56.1. The Kier molecular flexibility index (Phi) is 7.09. The van der Waals surface area contributed by atoms with Crippen molar-refractivity contribution in [2.24, 2.45) is 0 Å². The number of amides is 1. The Morgan fingerprint density at radius 1 is 0.853 bits per heavy atom. The molecule has 0 aliphatic carbocycles. The lowest BCUT2D eigenvalue weighted by atomic mass is 10.1. The number of anilines is 2. The Morgan fingerprint density at radius 2 is 1.47 bits per heavy atom. The summed E-state index contributed by atoms with van der Waals surface area (Å²) in [5, 5.41) is 3.13. The summed E-state index contributed by atoms with van der Waals surface area (Å²) in [4.78, 5) is 15.1. The second kappa shape index (κ2) is 10.2. The number of hydrogen-bond donors (Lipinski definition) is 1. The summed E-state index contributed by atoms with van der Waals surface area (Å²) in [5.74, 6) is -0.189. The second-order valence-electron chi connectivity index (χ2n) is 7.58. The van der Waals surface area contributed by atoms with E-state index >= 15 is 0 Å². The first-order chi connectivity index (χ1) is 16.3. The van der Waals surface area contributed by atoms with Crippen LogP contribution in [0, 0.1) is 0 Å². The number of nitrogens with one attached hydrogen (secondary N) is 1. The van der Waals surface area contributed by atoms with Crippen LogP contribution in [0.3, 0.4) is 0 Å². The zero-order chi connectivity index (χ0) is 24.1. The van der Waals surface area contributed by atoms with Gasteiger partial charge in [0.05, 0.1) is 16.1 Å². The van der Waals surface area contributed by atoms with Crippen LogP contribution in [0.2, 0.25) is 0 Å². The van der Waals surface area contributed by atoms with Crippen molar-refractivity contribution in [3.63, 3.8) is 0 Å². The van der Waals surface area contributed by atoms with Gasteiger partial charge in [0, 0.05) is 31.9 Å². The summed E-state index contributed by atoms with van der Waals surface area (Å²) in [5.41, 5.74) is 1.57. The van der Waals surface area contributed by atoms with E-state index in [1.807, 2.05) is 0 Å². The van der Waals surface area contributed by atoms with Gasteiger partial charge in [-0.05, 0) is 48.5 Å². The van der Waals surface area contributed by atoms with E-state index in [0.717, 1.165) is 0 Å². The van der Waals surface area contributed by atoms with Gasteiger partial charge in [0.1, 0.15) is 5.75 Å². The molecule has 1 heterocycles. The number of carbonyl (C=O) groups is 1. The molecule has 34 heavy (non-hydrogen) atoms. The molecule has 0 saturated carbocycles. The van der Waals surface area contributed by atoms with Crippen molar-refractivity contribution in [2.45, 2.75) is 11.5 Å². The molecule has 0 aromatic heterocycles. The van der Waals surface area contributed by atoms with Crippen molar-refractivity contribution >= 4 is 27.3 Å². The monoisotopic (exact) mass is 487 g/mol. The molecular formula is C24H23F2N3O4S. The fraction of sp³-hybridized carbons (Fsp3) is 0.208. The summed E-state index contributed by atoms with van der Waals surface area (Å²) in [6.07, 6.45) is 0. The van der Waals surface area contributed by atoms with Crippen molar-refractivity contribution in [3.8, 4) is 5.75 Å². The number of carbonyl (C=O) groups excluding carboxylic acids is 1. The maximum atomic E-state index is 13.2. The van der Waals surface area contributed by atoms with Crippen molar-refractivity contribution < 1.29 is 26.7 Å². The molecule has 10 heteroatoms. The lowest BCUT2D eigenvalue weighted by Gasteiger charge is -2.34. The first kappa shape index (κ1) is 23.7. The van der Waals surface area contributed by atoms with Crippen LogP contribution in [-0.4, -0.2) is 56.3 Å². The smallest absolute Gasteiger partial charge is 0.387 e. The van der Waals surface area contributed by atoms with E-state index < -0.39 is 16.6 Å². The molecule has 1 amide bonds. The SMILES string of the molecule is O=C(c1ccccc1Nc1ccc(OC(F)F)cc1)N1CCN(S(=O)(=O)c2ccccc2)CC1. The quantitative estimate of drug-likeness (QED) is 0.541. The van der Waals surface area contributed by atoms with Gasteiger partial charge in [0.25, 0.3) is 5.91 Å². The molecule has 4 rings (SSSR count). The lowest BCUT2D eigenvalue weighted by Crippen LogP contribution is -2.50. The second-order valence-corrected chi connectivity index (χ2v) is 9.52. The number of alkyl halides is 2. The maximum Gasteiger partial charge on any atom is 0.387 e. The third-order valence-corrected chi connectivity index (χ3v) is 7.34. The third kappa shape index (κ3) is 5.35. The fourth-order valence-corrected chi connectivity index (χ4v) is 5.14. The van der Waals surface area contributed by atoms with Crippen LogP contribution in [0.4, 0.5) is 20.2 Å². The van der Waals surface area contributed by atoms with E-state index in [4.69, 9.17) is 0 Å². The molecule has 7 nitrogen and oxygen atoms in total. The molecular weight excluding hydrogens is 464 g/mol. The van der Waals surface area contributed by atoms with Gasteiger partial charge < -0.3 is 15.0 Å². The molecule has 0 atom stereocenters. The van der Waals surface area contributed by atoms with Crippen LogP contribution in [0.25, 0.3) is 0 Å². The van der Waals surface area contributed by atoms with Crippen molar-refractivity contribution in [1.82, 2.24) is 9.21 Å². The van der Waals surface area contributed by atoms with E-state index in [1.54, 1.807) is 71.6 Å². The number of ether oxygens (including phenoxy) is 1. The average Bonchev–Trinajstić information content (AvgIpc) is 2.85. The van der Waals surface area contributed by atoms with Gasteiger partial charge in [-0.3, -0.25) is 4.79 Å². The average molecular weight is 488 g/mol. The lowest BCUT2D eigenvalue weighted by molar-refractivity contribution is -0.0498. The Labute approximate surface area is 196 Å². The molecule has 0 bridgehead atoms. The minimum atomic E-state index is -3.61. The highest BCUT2D eigenvalue weighted by Crippen LogP contribution is 2.25. The van der Waals surface area contributed by atoms with Gasteiger partial charge in [-0.2, -0.15) is 13.1 Å². The highest BCUT2D eigenvalue weighted by molar-refractivity contribution is 7.89. The number of rotatable bonds is 7. The van der Waals surface area contributed by atoms with E-state index in [0.29, 0.717) is 16.9 Å². The van der Waals surface area contributed by atoms with Crippen molar-refractivity contribution in [2.75, 3.05) is 31.5 Å². The number of nitrogens with zero attached hydrogens (tertiary/aromatic N) is 2. The predicted molar refractivity (Wildman–Crippen MR) is 124 cm³/mol. The molecule has 1 aliphatic heterocycles. The third-order valence-electron chi connectivity index (χ3n) is 5.42. The van der Waals surface area contributed by atoms with E-state index in [9.17, 15) is 22.0 Å². The molecule has 0 unspecified atom stereocenters. The molecule has 0 spiro atoms. The van der Waals surface area contributed by atoms with Crippen LogP contribution in [0.1, 0.15) is 10.4 Å². The molecule has 3 aromatic carbocycles. The molecule has 3 aromatic rings. The predicted octanol–water partition coefficient (Wildman–Crippen LogP) is 4.18. The van der Waals surface area contributed by atoms with E-state index in [1.165, 1.54) is 16.4 Å². The van der Waals surface area contributed by atoms with Crippen molar-refractivity contribution in [3.05, 3.63) is 84.4 Å². The van der Waals surface area contributed by atoms with Gasteiger partial charge >= 0.3 is 6.61 Å². The van der Waals surface area contributed by atoms with E-state index in [2.05, 4.69) is 10.1 Å². The number of sulfonamides is 1. The van der Waals surface area contributed by atoms with Gasteiger partial charge in [0.15, 0.2) is 0 Å². The highest BCUT2D eigenvalue weighted by atomic mass is 32.2. The van der Waals surface area contributed by atoms with Crippen LogP contribution >= 0.6 is 0 Å². The summed E-state index contributed by atoms with van der Waals surface area (Å²) in [6.45, 7) is -1.98. The zero-order valence-electron chi connectivity index (χ0n) is 18.1. The van der Waals surface area contributed by atoms with Crippen LogP contribution in [0.15, 0.2) is 83.8 Å². The highest BCUT2D eigenvalue weighted by Gasteiger charge is 2.30. The molecule has 1 N–H and O–H groups in total. The Hall–Kier alpha value is -3.50. The standard InChI is InChI=1S/C24H23F2N3O4S/c25-24(26)33-19-12-10-18(11-13-19)27-22-9-5-4-8-21(22)23(30)28-14-16-29(17-15-28)34(31,32)20-6-2-1-3-7-20/h1-13,24,27H,14-17H2. The Balaban J connectivity index is 1.43. The molecule has 0 radical (unpaired) electrons. The number of hydrogen-bond acceptors (Lipinski definition) is 5. The summed E-state index contributed by atoms with van der Waals surface area (Å²) in [7, 11) is -3.61. The van der Waals surface area contributed by atoms with Gasteiger partial charge in [0.2, 0.25) is 10.0 Å². The molecule has 178 valence electrons. The molecule has 1 aliphatic rings. The van der Waals surface area contributed by atoms with Crippen LogP contribution in [-0.2, 0) is 10.0 Å². The maximum absolute atomic E-state index is 13.2.